The minimum Gasteiger partial charge on any atom is -0.320 e. The average Bonchev–Trinajstić information content (AvgIpc) is 2.79. The summed E-state index contributed by atoms with van der Waals surface area (Å²) in [7, 11) is -2.34. The van der Waals surface area contributed by atoms with Gasteiger partial charge in [0.1, 0.15) is 0 Å². The molecule has 0 radical (unpaired) electrons. The highest BCUT2D eigenvalue weighted by molar-refractivity contribution is 7.92. The van der Waals surface area contributed by atoms with Gasteiger partial charge in [0.2, 0.25) is 0 Å². The number of aryl methyl sites for hydroxylation is 2. The molecule has 6 nitrogen and oxygen atoms in total. The van der Waals surface area contributed by atoms with E-state index in [9.17, 15) is 13.2 Å². The summed E-state index contributed by atoms with van der Waals surface area (Å²) in [6.07, 6.45) is 0. The molecule has 0 saturated carbocycles. The Kier molecular flexibility index (Phi) is 5.67. The van der Waals surface area contributed by atoms with Crippen LogP contribution in [0.3, 0.4) is 0 Å². The molecule has 4 aromatic rings. The third kappa shape index (κ3) is 4.20. The molecule has 162 valence electrons. The number of fused-ring (bicyclic) bond motifs is 1. The van der Waals surface area contributed by atoms with Crippen LogP contribution >= 0.6 is 0 Å². The third-order valence-electron chi connectivity index (χ3n) is 5.26. The van der Waals surface area contributed by atoms with E-state index in [-0.39, 0.29) is 10.5 Å². The van der Waals surface area contributed by atoms with Crippen LogP contribution in [0.2, 0.25) is 0 Å². The van der Waals surface area contributed by atoms with Crippen molar-refractivity contribution in [2.75, 3.05) is 16.7 Å². The number of hydrogen-bond acceptors (Lipinski definition) is 4. The number of pyridine rings is 1. The van der Waals surface area contributed by atoms with Gasteiger partial charge >= 0.3 is 0 Å². The molecule has 0 bridgehead atoms. The van der Waals surface area contributed by atoms with Crippen LogP contribution < -0.4 is 9.62 Å². The van der Waals surface area contributed by atoms with Crippen molar-refractivity contribution in [2.45, 2.75) is 18.7 Å². The average molecular weight is 446 g/mol. The van der Waals surface area contributed by atoms with E-state index in [2.05, 4.69) is 10.3 Å². The van der Waals surface area contributed by atoms with Crippen molar-refractivity contribution >= 4 is 38.2 Å². The zero-order valence-electron chi connectivity index (χ0n) is 18.0. The van der Waals surface area contributed by atoms with Crippen LogP contribution in [-0.2, 0) is 10.0 Å². The molecular weight excluding hydrogens is 422 g/mol. The largest absolute Gasteiger partial charge is 0.320 e. The van der Waals surface area contributed by atoms with E-state index in [1.807, 2.05) is 50.2 Å². The summed E-state index contributed by atoms with van der Waals surface area (Å²) in [5.41, 5.74) is 3.92. The number of para-hydroxylation sites is 1. The molecule has 1 heterocycles. The van der Waals surface area contributed by atoms with Crippen molar-refractivity contribution in [3.05, 3.63) is 95.7 Å². The van der Waals surface area contributed by atoms with Gasteiger partial charge in [0.25, 0.3) is 15.9 Å². The number of carbonyl (C=O) groups excluding carboxylic acids is 1. The number of aromatic nitrogens is 1. The van der Waals surface area contributed by atoms with Crippen LogP contribution in [0, 0.1) is 13.8 Å². The maximum absolute atomic E-state index is 13.1. The van der Waals surface area contributed by atoms with Crippen LogP contribution in [-0.4, -0.2) is 26.4 Å². The number of amides is 1. The maximum atomic E-state index is 13.1. The van der Waals surface area contributed by atoms with Crippen LogP contribution in [0.4, 0.5) is 11.4 Å². The van der Waals surface area contributed by atoms with Crippen molar-refractivity contribution in [3.63, 3.8) is 0 Å². The predicted octanol–water partition coefficient (Wildman–Crippen LogP) is 4.93. The molecule has 1 amide bonds. The van der Waals surface area contributed by atoms with Crippen molar-refractivity contribution in [3.8, 4) is 0 Å². The Morgan fingerprint density at radius 3 is 2.38 bits per heavy atom. The number of anilines is 2. The van der Waals surface area contributed by atoms with Gasteiger partial charge in [-0.05, 0) is 56.3 Å². The summed E-state index contributed by atoms with van der Waals surface area (Å²) in [4.78, 5) is 17.5. The Labute approximate surface area is 187 Å². The summed E-state index contributed by atoms with van der Waals surface area (Å²) in [5.74, 6) is -0.407. The minimum atomic E-state index is -3.83. The first-order valence-corrected chi connectivity index (χ1v) is 11.5. The molecule has 4 rings (SSSR count). The second kappa shape index (κ2) is 8.43. The second-order valence-corrected chi connectivity index (χ2v) is 9.59. The fourth-order valence-electron chi connectivity index (χ4n) is 3.39. The zero-order chi connectivity index (χ0) is 22.9. The second-order valence-electron chi connectivity index (χ2n) is 7.62. The smallest absolute Gasteiger partial charge is 0.264 e. The fourth-order valence-corrected chi connectivity index (χ4v) is 4.63. The van der Waals surface area contributed by atoms with E-state index in [4.69, 9.17) is 0 Å². The Hall–Kier alpha value is -3.71. The maximum Gasteiger partial charge on any atom is 0.264 e. The predicted molar refractivity (Wildman–Crippen MR) is 128 cm³/mol. The number of carbonyl (C=O) groups is 1. The summed E-state index contributed by atoms with van der Waals surface area (Å²) in [5, 5.41) is 3.77. The molecular formula is C25H23N3O3S. The topological polar surface area (TPSA) is 79.4 Å². The van der Waals surface area contributed by atoms with Crippen LogP contribution in [0.25, 0.3) is 10.9 Å². The molecule has 0 aliphatic heterocycles. The van der Waals surface area contributed by atoms with Gasteiger partial charge in [0, 0.05) is 23.7 Å². The third-order valence-corrected chi connectivity index (χ3v) is 7.04. The van der Waals surface area contributed by atoms with Crippen LogP contribution in [0.1, 0.15) is 21.6 Å². The van der Waals surface area contributed by atoms with E-state index in [1.165, 1.54) is 23.5 Å². The summed E-state index contributed by atoms with van der Waals surface area (Å²) >= 11 is 0. The zero-order valence-corrected chi connectivity index (χ0v) is 18.8. The normalized spacial score (nSPS) is 11.3. The Morgan fingerprint density at radius 1 is 0.906 bits per heavy atom. The molecule has 3 aromatic carbocycles. The van der Waals surface area contributed by atoms with E-state index in [0.717, 1.165) is 16.6 Å². The Morgan fingerprint density at radius 2 is 1.62 bits per heavy atom. The number of rotatable bonds is 5. The van der Waals surface area contributed by atoms with E-state index in [0.29, 0.717) is 16.9 Å². The minimum absolute atomic E-state index is 0.0418. The molecule has 0 fully saturated rings. The monoisotopic (exact) mass is 445 g/mol. The van der Waals surface area contributed by atoms with Gasteiger partial charge in [-0.25, -0.2) is 8.42 Å². The molecule has 0 aliphatic carbocycles. The van der Waals surface area contributed by atoms with Gasteiger partial charge in [-0.2, -0.15) is 0 Å². The lowest BCUT2D eigenvalue weighted by molar-refractivity contribution is 0.102. The first-order valence-electron chi connectivity index (χ1n) is 10.1. The lowest BCUT2D eigenvalue weighted by Gasteiger charge is -2.20. The van der Waals surface area contributed by atoms with E-state index in [1.54, 1.807) is 30.3 Å². The Bertz CT molecular complexity index is 1410. The molecule has 0 aliphatic rings. The molecule has 0 unspecified atom stereocenters. The summed E-state index contributed by atoms with van der Waals surface area (Å²) < 4.78 is 27.5. The van der Waals surface area contributed by atoms with Crippen molar-refractivity contribution in [1.29, 1.82) is 0 Å². The number of sulfonamides is 1. The number of benzene rings is 3. The lowest BCUT2D eigenvalue weighted by atomic mass is 10.1. The van der Waals surface area contributed by atoms with E-state index >= 15 is 0 Å². The quantitative estimate of drug-likeness (QED) is 0.472. The van der Waals surface area contributed by atoms with Gasteiger partial charge in [-0.15, -0.1) is 0 Å². The molecule has 7 heteroatoms. The van der Waals surface area contributed by atoms with Gasteiger partial charge in [0.15, 0.2) is 0 Å². The van der Waals surface area contributed by atoms with E-state index < -0.39 is 15.9 Å². The van der Waals surface area contributed by atoms with Gasteiger partial charge in [-0.1, -0.05) is 42.0 Å². The molecule has 32 heavy (non-hydrogen) atoms. The van der Waals surface area contributed by atoms with Gasteiger partial charge in [-0.3, -0.25) is 14.1 Å². The molecule has 0 saturated heterocycles. The standard InChI is InChI=1S/C25H23N3O3S/c1-17-10-14-21(15-11-17)28(3)32(30,31)22-8-4-7-20(16-22)25(29)27-23-9-5-6-19-13-12-18(2)26-24(19)23/h4-16H,1-3H3,(H,27,29). The van der Waals surface area contributed by atoms with Gasteiger partial charge < -0.3 is 5.32 Å². The highest BCUT2D eigenvalue weighted by Gasteiger charge is 2.22. The van der Waals surface area contributed by atoms with Crippen molar-refractivity contribution < 1.29 is 13.2 Å². The highest BCUT2D eigenvalue weighted by atomic mass is 32.2. The highest BCUT2D eigenvalue weighted by Crippen LogP contribution is 2.25. The fraction of sp³-hybridized carbons (Fsp3) is 0.120. The van der Waals surface area contributed by atoms with Crippen molar-refractivity contribution in [2.24, 2.45) is 0 Å². The number of nitrogens with zero attached hydrogens (tertiary/aromatic N) is 2. The van der Waals surface area contributed by atoms with Crippen LogP contribution in [0.5, 0.6) is 0 Å². The molecule has 0 atom stereocenters. The first-order chi connectivity index (χ1) is 15.3. The number of nitrogens with one attached hydrogen (secondary N) is 1. The molecule has 1 aromatic heterocycles. The summed E-state index contributed by atoms with van der Waals surface area (Å²) in [6, 6.07) is 22.6. The Balaban J connectivity index is 1.63. The van der Waals surface area contributed by atoms with Crippen LogP contribution in [0.15, 0.2) is 83.8 Å². The molecule has 0 spiro atoms. The number of hydrogen-bond donors (Lipinski definition) is 1. The SMILES string of the molecule is Cc1ccc(N(C)S(=O)(=O)c2cccc(C(=O)Nc3cccc4ccc(C)nc34)c2)cc1. The lowest BCUT2D eigenvalue weighted by Crippen LogP contribution is -2.26. The summed E-state index contributed by atoms with van der Waals surface area (Å²) in [6.45, 7) is 3.82. The van der Waals surface area contributed by atoms with Gasteiger partial charge in [0.05, 0.1) is 21.8 Å². The molecule has 1 N–H and O–H groups in total. The van der Waals surface area contributed by atoms with Crippen molar-refractivity contribution in [1.82, 2.24) is 4.98 Å². The first kappa shape index (κ1) is 21.5.